The van der Waals surface area contributed by atoms with Crippen LogP contribution in [0.3, 0.4) is 0 Å². The molecule has 0 amide bonds. The summed E-state index contributed by atoms with van der Waals surface area (Å²) >= 11 is 0. The Morgan fingerprint density at radius 2 is 0.333 bits per heavy atom. The average molecular weight is 819 g/mol. The van der Waals surface area contributed by atoms with Crippen molar-refractivity contribution in [3.63, 3.8) is 0 Å². The van der Waals surface area contributed by atoms with Crippen molar-refractivity contribution in [2.75, 3.05) is 13.2 Å². The van der Waals surface area contributed by atoms with Gasteiger partial charge in [0.25, 0.3) is 0 Å². The highest BCUT2D eigenvalue weighted by molar-refractivity contribution is 4.77. The van der Waals surface area contributed by atoms with Crippen molar-refractivity contribution in [2.24, 2.45) is 0 Å². The van der Waals surface area contributed by atoms with Crippen molar-refractivity contribution >= 4 is 0 Å². The van der Waals surface area contributed by atoms with E-state index in [4.69, 9.17) is 52.1 Å². The molecule has 0 saturated heterocycles. The van der Waals surface area contributed by atoms with E-state index < -0.39 is 0 Å². The lowest BCUT2D eigenvalue weighted by atomic mass is 10.1. The van der Waals surface area contributed by atoms with Crippen LogP contribution in [0.4, 0.5) is 0 Å². The Hall–Kier alpha value is -0.960. The molecule has 0 fully saturated rings. The Labute approximate surface area is 350 Å². The number of rotatable bonds is 34. The first kappa shape index (κ1) is 56.0. The molecular weight excluding hydrogens is 728 g/mol. The number of hydrogen-bond donors (Lipinski definition) is 0. The van der Waals surface area contributed by atoms with Crippen molar-refractivity contribution in [1.82, 2.24) is 0 Å². The number of ether oxygens (including phenoxy) is 11. The zero-order valence-corrected chi connectivity index (χ0v) is 40.0. The van der Waals surface area contributed by atoms with Gasteiger partial charge in [0, 0.05) is 0 Å². The summed E-state index contributed by atoms with van der Waals surface area (Å²) < 4.78 is 68.4. The first-order valence-electron chi connectivity index (χ1n) is 21.8. The van der Waals surface area contributed by atoms with E-state index in [1.165, 1.54) is 0 Å². The van der Waals surface area contributed by atoms with Crippen molar-refractivity contribution in [2.45, 2.75) is 261 Å². The zero-order chi connectivity index (χ0) is 44.2. The zero-order valence-electron chi connectivity index (χ0n) is 40.0. The second-order valence-electron chi connectivity index (χ2n) is 16.6. The minimum atomic E-state index is -0.170. The van der Waals surface area contributed by atoms with E-state index in [2.05, 4.69) is 13.2 Å². The van der Waals surface area contributed by atoms with Crippen LogP contribution >= 0.6 is 0 Å². The molecule has 0 aromatic rings. The topological polar surface area (TPSA) is 102 Å². The molecule has 20 atom stereocenters. The minimum absolute atomic E-state index is 0.0451. The van der Waals surface area contributed by atoms with Gasteiger partial charge in [-0.3, -0.25) is 0 Å². The molecule has 0 saturated carbocycles. The molecule has 0 bridgehead atoms. The standard InChI is InChI=1S/C46H90O11/c1-23-25-47-27(3)29(5)49-31(7)33(9)51-35(11)37(13)53-39(15)41(17)55-43(19)45(21)57-46(22)44(20)56-42(18)40(16)54-38(14)36(12)52-34(10)32(8)50-30(6)28(4)48-26-24-2/h23-24,27-46H,1-2,25-26H2,3-22H3. The predicted octanol–water partition coefficient (Wildman–Crippen LogP) is 9.31. The fourth-order valence-corrected chi connectivity index (χ4v) is 5.75. The lowest BCUT2D eigenvalue weighted by Gasteiger charge is -2.35. The van der Waals surface area contributed by atoms with Crippen LogP contribution in [0.25, 0.3) is 0 Å². The van der Waals surface area contributed by atoms with Crippen LogP contribution in [0.2, 0.25) is 0 Å². The maximum Gasteiger partial charge on any atom is 0.0811 e. The summed E-state index contributed by atoms with van der Waals surface area (Å²) in [6.07, 6.45) is 0.834. The van der Waals surface area contributed by atoms with Crippen molar-refractivity contribution in [3.8, 4) is 0 Å². The molecule has 0 rings (SSSR count). The quantitative estimate of drug-likeness (QED) is 0.0581. The fourth-order valence-electron chi connectivity index (χ4n) is 5.75. The van der Waals surface area contributed by atoms with Gasteiger partial charge in [0.05, 0.1) is 135 Å². The van der Waals surface area contributed by atoms with Gasteiger partial charge in [0.1, 0.15) is 0 Å². The van der Waals surface area contributed by atoms with Gasteiger partial charge in [-0.15, -0.1) is 13.2 Å². The maximum absolute atomic E-state index is 6.41. The van der Waals surface area contributed by atoms with E-state index >= 15 is 0 Å². The van der Waals surface area contributed by atoms with Gasteiger partial charge in [0.2, 0.25) is 0 Å². The molecular formula is C46H90O11. The van der Waals surface area contributed by atoms with Gasteiger partial charge >= 0.3 is 0 Å². The third kappa shape index (κ3) is 22.5. The summed E-state index contributed by atoms with van der Waals surface area (Å²) in [5, 5.41) is 0. The molecule has 11 nitrogen and oxygen atoms in total. The molecule has 0 N–H and O–H groups in total. The molecule has 57 heavy (non-hydrogen) atoms. The third-order valence-corrected chi connectivity index (χ3v) is 11.4. The highest BCUT2D eigenvalue weighted by Crippen LogP contribution is 2.21. The normalized spacial score (nSPS) is 23.1. The maximum atomic E-state index is 6.41. The molecule has 340 valence electrons. The summed E-state index contributed by atoms with van der Waals surface area (Å²) in [6, 6.07) is 0. The Kier molecular flexibility index (Phi) is 28.8. The van der Waals surface area contributed by atoms with Gasteiger partial charge in [-0.25, -0.2) is 0 Å². The smallest absolute Gasteiger partial charge is 0.0811 e. The Balaban J connectivity index is 4.81. The lowest BCUT2D eigenvalue weighted by molar-refractivity contribution is -0.190. The summed E-state index contributed by atoms with van der Waals surface area (Å²) in [6.45, 7) is 48.9. The first-order valence-corrected chi connectivity index (χ1v) is 21.8. The third-order valence-electron chi connectivity index (χ3n) is 11.4. The number of hydrogen-bond acceptors (Lipinski definition) is 11. The molecule has 0 aliphatic carbocycles. The Morgan fingerprint density at radius 1 is 0.228 bits per heavy atom. The van der Waals surface area contributed by atoms with Gasteiger partial charge in [-0.1, -0.05) is 12.2 Å². The van der Waals surface area contributed by atoms with E-state index in [1.54, 1.807) is 12.2 Å². The Morgan fingerprint density at radius 3 is 0.439 bits per heavy atom. The van der Waals surface area contributed by atoms with Gasteiger partial charge in [0.15, 0.2) is 0 Å². The summed E-state index contributed by atoms with van der Waals surface area (Å²) in [5.41, 5.74) is 0. The van der Waals surface area contributed by atoms with E-state index in [-0.39, 0.29) is 122 Å². The van der Waals surface area contributed by atoms with Crippen LogP contribution in [0.1, 0.15) is 138 Å². The molecule has 0 aliphatic rings. The van der Waals surface area contributed by atoms with Crippen LogP contribution < -0.4 is 0 Å². The summed E-state index contributed by atoms with van der Waals surface area (Å²) in [7, 11) is 0. The van der Waals surface area contributed by atoms with E-state index in [1.807, 2.05) is 138 Å². The molecule has 0 spiro atoms. The highest BCUT2D eigenvalue weighted by Gasteiger charge is 2.30. The van der Waals surface area contributed by atoms with Crippen LogP contribution in [0.15, 0.2) is 25.3 Å². The second kappa shape index (κ2) is 29.3. The van der Waals surface area contributed by atoms with Crippen molar-refractivity contribution in [1.29, 1.82) is 0 Å². The van der Waals surface area contributed by atoms with E-state index in [0.29, 0.717) is 13.2 Å². The summed E-state index contributed by atoms with van der Waals surface area (Å²) in [4.78, 5) is 0. The van der Waals surface area contributed by atoms with Gasteiger partial charge in [-0.05, 0) is 138 Å². The molecule has 0 aromatic carbocycles. The minimum Gasteiger partial charge on any atom is -0.372 e. The lowest BCUT2D eigenvalue weighted by Crippen LogP contribution is -2.43. The SMILES string of the molecule is C=CCOC(C)C(C)OC(C)C(C)OC(C)C(C)OC(C)C(C)OC(C)C(C)OC(C)C(C)OC(C)C(C)OC(C)C(C)OC(C)C(C)OC(C)C(C)OCC=C. The van der Waals surface area contributed by atoms with E-state index in [0.717, 1.165) is 0 Å². The van der Waals surface area contributed by atoms with Crippen molar-refractivity contribution in [3.05, 3.63) is 25.3 Å². The van der Waals surface area contributed by atoms with Crippen molar-refractivity contribution < 1.29 is 52.1 Å². The fraction of sp³-hybridized carbons (Fsp3) is 0.913. The molecule has 0 radical (unpaired) electrons. The molecule has 0 heterocycles. The van der Waals surface area contributed by atoms with Crippen LogP contribution in [0, 0.1) is 0 Å². The average Bonchev–Trinajstić information content (AvgIpc) is 3.14. The largest absolute Gasteiger partial charge is 0.372 e. The molecule has 11 heteroatoms. The second-order valence-corrected chi connectivity index (χ2v) is 16.6. The van der Waals surface area contributed by atoms with Crippen LogP contribution in [-0.4, -0.2) is 135 Å². The summed E-state index contributed by atoms with van der Waals surface area (Å²) in [5.74, 6) is 0. The highest BCUT2D eigenvalue weighted by atomic mass is 16.6. The molecule has 20 unspecified atom stereocenters. The monoisotopic (exact) mass is 819 g/mol. The van der Waals surface area contributed by atoms with Gasteiger partial charge in [-0.2, -0.15) is 0 Å². The van der Waals surface area contributed by atoms with E-state index in [9.17, 15) is 0 Å². The van der Waals surface area contributed by atoms with Gasteiger partial charge < -0.3 is 52.1 Å². The molecule has 0 aromatic heterocycles. The Bertz CT molecular complexity index is 954. The predicted molar refractivity (Wildman–Crippen MR) is 231 cm³/mol. The molecule has 0 aliphatic heterocycles. The first-order chi connectivity index (χ1) is 26.5. The van der Waals surface area contributed by atoms with Crippen LogP contribution in [-0.2, 0) is 52.1 Å². The van der Waals surface area contributed by atoms with Crippen LogP contribution in [0.5, 0.6) is 0 Å².